The van der Waals surface area contributed by atoms with Gasteiger partial charge in [0.25, 0.3) is 0 Å². The van der Waals surface area contributed by atoms with Gasteiger partial charge in [0, 0.05) is 28.9 Å². The van der Waals surface area contributed by atoms with Crippen LogP contribution in [-0.4, -0.2) is 9.78 Å². The highest BCUT2D eigenvalue weighted by atomic mass is 35.5. The fraction of sp³-hybridized carbons (Fsp3) is 0.182. The molecule has 1 aromatic heterocycles. The van der Waals surface area contributed by atoms with E-state index in [0.717, 1.165) is 16.7 Å². The van der Waals surface area contributed by atoms with Crippen molar-refractivity contribution in [2.24, 2.45) is 7.05 Å². The molecule has 2 aromatic rings. The van der Waals surface area contributed by atoms with E-state index in [1.165, 1.54) is 0 Å². The lowest BCUT2D eigenvalue weighted by Crippen LogP contribution is -1.84. The van der Waals surface area contributed by atoms with Crippen molar-refractivity contribution >= 4 is 23.2 Å². The van der Waals surface area contributed by atoms with Crippen LogP contribution in [0.2, 0.25) is 10.0 Å². The summed E-state index contributed by atoms with van der Waals surface area (Å²) in [6.07, 6.45) is 3.72. The first-order valence-electron chi connectivity index (χ1n) is 4.52. The Bertz CT molecular complexity index is 480. The van der Waals surface area contributed by atoms with Crippen LogP contribution in [0.1, 0.15) is 5.56 Å². The summed E-state index contributed by atoms with van der Waals surface area (Å²) in [6, 6.07) is 3.81. The van der Waals surface area contributed by atoms with E-state index in [1.807, 2.05) is 32.3 Å². The maximum Gasteiger partial charge on any atom is 0.0568 e. The van der Waals surface area contributed by atoms with E-state index in [9.17, 15) is 0 Å². The summed E-state index contributed by atoms with van der Waals surface area (Å²) in [4.78, 5) is 0. The van der Waals surface area contributed by atoms with Gasteiger partial charge in [-0.15, -0.1) is 0 Å². The molecule has 4 heteroatoms. The van der Waals surface area contributed by atoms with Gasteiger partial charge in [-0.1, -0.05) is 23.2 Å². The van der Waals surface area contributed by atoms with Gasteiger partial charge in [0.15, 0.2) is 0 Å². The summed E-state index contributed by atoms with van der Waals surface area (Å²) in [7, 11) is 1.88. The molecule has 0 atom stereocenters. The van der Waals surface area contributed by atoms with Crippen LogP contribution in [0.4, 0.5) is 0 Å². The third-order valence-electron chi connectivity index (χ3n) is 2.32. The molecule has 0 fully saturated rings. The van der Waals surface area contributed by atoms with Gasteiger partial charge in [0.05, 0.1) is 6.20 Å². The molecule has 0 amide bonds. The molecular weight excluding hydrogens is 231 g/mol. The van der Waals surface area contributed by atoms with Crippen LogP contribution < -0.4 is 0 Å². The Morgan fingerprint density at radius 3 is 2.20 bits per heavy atom. The van der Waals surface area contributed by atoms with E-state index in [4.69, 9.17) is 23.2 Å². The van der Waals surface area contributed by atoms with Crippen molar-refractivity contribution in [2.75, 3.05) is 0 Å². The number of aromatic nitrogens is 2. The second kappa shape index (κ2) is 3.87. The van der Waals surface area contributed by atoms with Gasteiger partial charge >= 0.3 is 0 Å². The molecule has 0 aliphatic rings. The maximum atomic E-state index is 6.06. The molecule has 78 valence electrons. The Kier molecular flexibility index (Phi) is 2.72. The Morgan fingerprint density at radius 1 is 1.13 bits per heavy atom. The molecule has 1 aromatic carbocycles. The maximum absolute atomic E-state index is 6.06. The van der Waals surface area contributed by atoms with E-state index in [-0.39, 0.29) is 0 Å². The van der Waals surface area contributed by atoms with Crippen LogP contribution in [-0.2, 0) is 7.05 Å². The second-order valence-corrected chi connectivity index (χ2v) is 4.28. The molecule has 0 aliphatic carbocycles. The molecule has 0 unspecified atom stereocenters. The van der Waals surface area contributed by atoms with E-state index >= 15 is 0 Å². The Labute approximate surface area is 98.4 Å². The largest absolute Gasteiger partial charge is 0.275 e. The smallest absolute Gasteiger partial charge is 0.0568 e. The zero-order chi connectivity index (χ0) is 11.0. The molecule has 0 N–H and O–H groups in total. The van der Waals surface area contributed by atoms with Crippen molar-refractivity contribution in [1.82, 2.24) is 9.78 Å². The van der Waals surface area contributed by atoms with Gasteiger partial charge in [0.1, 0.15) is 0 Å². The molecule has 2 rings (SSSR count). The molecule has 0 saturated heterocycles. The SMILES string of the molecule is Cc1c(Cl)cc(-c2cnn(C)c2)cc1Cl. The van der Waals surface area contributed by atoms with Crippen LogP contribution in [0.3, 0.4) is 0 Å². The first-order chi connectivity index (χ1) is 7.08. The standard InChI is InChI=1S/C11H10Cl2N2/c1-7-10(12)3-8(4-11(7)13)9-5-14-15(2)6-9/h3-6H,1-2H3. The average Bonchev–Trinajstić information content (AvgIpc) is 2.60. The predicted octanol–water partition coefficient (Wildman–Crippen LogP) is 3.70. The number of hydrogen-bond donors (Lipinski definition) is 0. The van der Waals surface area contributed by atoms with Gasteiger partial charge in [-0.2, -0.15) is 5.10 Å². The molecule has 1 heterocycles. The highest BCUT2D eigenvalue weighted by molar-refractivity contribution is 6.36. The minimum atomic E-state index is 0.682. The van der Waals surface area contributed by atoms with E-state index in [0.29, 0.717) is 10.0 Å². The number of halogens is 2. The quantitative estimate of drug-likeness (QED) is 0.744. The fourth-order valence-corrected chi connectivity index (χ4v) is 1.87. The van der Waals surface area contributed by atoms with Crippen LogP contribution in [0.5, 0.6) is 0 Å². The lowest BCUT2D eigenvalue weighted by Gasteiger charge is -2.04. The Hall–Kier alpha value is -0.990. The Balaban J connectivity index is 2.55. The third-order valence-corrected chi connectivity index (χ3v) is 3.10. The topological polar surface area (TPSA) is 17.8 Å². The molecule has 0 saturated carbocycles. The third kappa shape index (κ3) is 2.01. The summed E-state index contributed by atoms with van der Waals surface area (Å²) in [5, 5.41) is 5.47. The fourth-order valence-electron chi connectivity index (χ4n) is 1.38. The van der Waals surface area contributed by atoms with Crippen LogP contribution in [0.15, 0.2) is 24.5 Å². The minimum absolute atomic E-state index is 0.682. The molecule has 0 radical (unpaired) electrons. The molecule has 0 aliphatic heterocycles. The van der Waals surface area contributed by atoms with Crippen molar-refractivity contribution in [3.8, 4) is 11.1 Å². The number of hydrogen-bond acceptors (Lipinski definition) is 1. The minimum Gasteiger partial charge on any atom is -0.275 e. The first kappa shape index (κ1) is 10.5. The summed E-state index contributed by atoms with van der Waals surface area (Å²) < 4.78 is 1.75. The van der Waals surface area contributed by atoms with Gasteiger partial charge < -0.3 is 0 Å². The van der Waals surface area contributed by atoms with Gasteiger partial charge in [0.2, 0.25) is 0 Å². The van der Waals surface area contributed by atoms with Gasteiger partial charge in [-0.25, -0.2) is 0 Å². The normalized spacial score (nSPS) is 10.7. The summed E-state index contributed by atoms with van der Waals surface area (Å²) >= 11 is 12.1. The van der Waals surface area contributed by atoms with Crippen molar-refractivity contribution in [2.45, 2.75) is 6.92 Å². The summed E-state index contributed by atoms with van der Waals surface area (Å²) in [6.45, 7) is 1.90. The highest BCUT2D eigenvalue weighted by Gasteiger charge is 2.06. The van der Waals surface area contributed by atoms with Crippen LogP contribution in [0, 0.1) is 6.92 Å². The molecule has 0 bridgehead atoms. The Morgan fingerprint density at radius 2 is 1.73 bits per heavy atom. The van der Waals surface area contributed by atoms with Crippen molar-refractivity contribution in [3.63, 3.8) is 0 Å². The number of nitrogens with zero attached hydrogens (tertiary/aromatic N) is 2. The van der Waals surface area contributed by atoms with E-state index in [1.54, 1.807) is 10.9 Å². The zero-order valence-electron chi connectivity index (χ0n) is 8.46. The molecule has 2 nitrogen and oxygen atoms in total. The van der Waals surface area contributed by atoms with Crippen molar-refractivity contribution < 1.29 is 0 Å². The monoisotopic (exact) mass is 240 g/mol. The first-order valence-corrected chi connectivity index (χ1v) is 5.28. The summed E-state index contributed by atoms with van der Waals surface area (Å²) in [5.74, 6) is 0. The van der Waals surface area contributed by atoms with E-state index < -0.39 is 0 Å². The number of benzene rings is 1. The van der Waals surface area contributed by atoms with Crippen molar-refractivity contribution in [1.29, 1.82) is 0 Å². The lowest BCUT2D eigenvalue weighted by molar-refractivity contribution is 0.768. The molecular formula is C11H10Cl2N2. The van der Waals surface area contributed by atoms with Gasteiger partial charge in [-0.3, -0.25) is 4.68 Å². The van der Waals surface area contributed by atoms with E-state index in [2.05, 4.69) is 5.10 Å². The predicted molar refractivity (Wildman–Crippen MR) is 63.4 cm³/mol. The van der Waals surface area contributed by atoms with Gasteiger partial charge in [-0.05, 0) is 30.2 Å². The summed E-state index contributed by atoms with van der Waals surface area (Å²) in [5.41, 5.74) is 2.91. The average molecular weight is 241 g/mol. The molecule has 0 spiro atoms. The zero-order valence-corrected chi connectivity index (χ0v) is 9.97. The molecule has 15 heavy (non-hydrogen) atoms. The second-order valence-electron chi connectivity index (χ2n) is 3.47. The highest BCUT2D eigenvalue weighted by Crippen LogP contribution is 2.30. The van der Waals surface area contributed by atoms with Crippen LogP contribution in [0.25, 0.3) is 11.1 Å². The van der Waals surface area contributed by atoms with Crippen molar-refractivity contribution in [3.05, 3.63) is 40.1 Å². The van der Waals surface area contributed by atoms with Crippen LogP contribution >= 0.6 is 23.2 Å². The number of rotatable bonds is 1. The lowest BCUT2D eigenvalue weighted by atomic mass is 10.1. The number of aryl methyl sites for hydroxylation is 1.